The zero-order valence-electron chi connectivity index (χ0n) is 13.9. The second-order valence-electron chi connectivity index (χ2n) is 6.08. The SMILES string of the molecule is Cc1ccc(N)cc1C(=O)Nc1ccc(OCCC(C)C)cc1. The summed E-state index contributed by atoms with van der Waals surface area (Å²) < 4.78 is 5.67. The monoisotopic (exact) mass is 312 g/mol. The van der Waals surface area contributed by atoms with E-state index in [9.17, 15) is 4.79 Å². The molecule has 0 saturated heterocycles. The van der Waals surface area contributed by atoms with Crippen molar-refractivity contribution in [1.29, 1.82) is 0 Å². The number of hydrogen-bond donors (Lipinski definition) is 2. The Hall–Kier alpha value is -2.49. The normalized spacial score (nSPS) is 10.6. The van der Waals surface area contributed by atoms with Crippen molar-refractivity contribution in [3.8, 4) is 5.75 Å². The third-order valence-electron chi connectivity index (χ3n) is 3.58. The molecule has 0 aromatic heterocycles. The molecule has 0 radical (unpaired) electrons. The summed E-state index contributed by atoms with van der Waals surface area (Å²) in [6.07, 6.45) is 1.02. The number of aryl methyl sites for hydroxylation is 1. The van der Waals surface area contributed by atoms with Gasteiger partial charge in [-0.25, -0.2) is 0 Å². The van der Waals surface area contributed by atoms with E-state index in [4.69, 9.17) is 10.5 Å². The number of ether oxygens (including phenoxy) is 1. The first-order valence-corrected chi connectivity index (χ1v) is 7.86. The second-order valence-corrected chi connectivity index (χ2v) is 6.08. The van der Waals surface area contributed by atoms with Crippen LogP contribution in [0.2, 0.25) is 0 Å². The van der Waals surface area contributed by atoms with Crippen LogP contribution in [0.25, 0.3) is 0 Å². The zero-order chi connectivity index (χ0) is 16.8. The molecule has 0 atom stereocenters. The minimum Gasteiger partial charge on any atom is -0.494 e. The lowest BCUT2D eigenvalue weighted by atomic mass is 10.1. The predicted octanol–water partition coefficient (Wildman–Crippen LogP) is 4.25. The molecule has 2 rings (SSSR count). The molecule has 122 valence electrons. The summed E-state index contributed by atoms with van der Waals surface area (Å²) in [7, 11) is 0. The van der Waals surface area contributed by atoms with Crippen molar-refractivity contribution < 1.29 is 9.53 Å². The number of anilines is 2. The van der Waals surface area contributed by atoms with E-state index in [-0.39, 0.29) is 5.91 Å². The highest BCUT2D eigenvalue weighted by Gasteiger charge is 2.09. The van der Waals surface area contributed by atoms with Gasteiger partial charge in [0.2, 0.25) is 0 Å². The summed E-state index contributed by atoms with van der Waals surface area (Å²) in [5.41, 5.74) is 8.54. The molecular formula is C19H24N2O2. The van der Waals surface area contributed by atoms with Gasteiger partial charge in [-0.2, -0.15) is 0 Å². The van der Waals surface area contributed by atoms with Crippen molar-refractivity contribution in [2.24, 2.45) is 5.92 Å². The van der Waals surface area contributed by atoms with Gasteiger partial charge in [-0.1, -0.05) is 19.9 Å². The largest absolute Gasteiger partial charge is 0.494 e. The van der Waals surface area contributed by atoms with Crippen molar-refractivity contribution in [2.75, 3.05) is 17.7 Å². The van der Waals surface area contributed by atoms with Gasteiger partial charge in [0, 0.05) is 16.9 Å². The molecule has 0 saturated carbocycles. The lowest BCUT2D eigenvalue weighted by Gasteiger charge is -2.10. The van der Waals surface area contributed by atoms with Crippen molar-refractivity contribution in [2.45, 2.75) is 27.2 Å². The number of nitrogens with two attached hydrogens (primary N) is 1. The van der Waals surface area contributed by atoms with E-state index in [1.165, 1.54) is 0 Å². The van der Waals surface area contributed by atoms with Crippen LogP contribution in [0.5, 0.6) is 5.75 Å². The summed E-state index contributed by atoms with van der Waals surface area (Å²) in [6.45, 7) is 6.92. The van der Waals surface area contributed by atoms with E-state index in [1.807, 2.05) is 37.3 Å². The number of nitrogens with one attached hydrogen (secondary N) is 1. The maximum Gasteiger partial charge on any atom is 0.256 e. The quantitative estimate of drug-likeness (QED) is 0.784. The number of carbonyl (C=O) groups excluding carboxylic acids is 1. The average Bonchev–Trinajstić information content (AvgIpc) is 2.51. The van der Waals surface area contributed by atoms with E-state index in [0.29, 0.717) is 23.8 Å². The van der Waals surface area contributed by atoms with Gasteiger partial charge in [-0.3, -0.25) is 4.79 Å². The minimum atomic E-state index is -0.164. The van der Waals surface area contributed by atoms with Gasteiger partial charge >= 0.3 is 0 Å². The molecule has 23 heavy (non-hydrogen) atoms. The van der Waals surface area contributed by atoms with Crippen LogP contribution in [0.3, 0.4) is 0 Å². The average molecular weight is 312 g/mol. The molecule has 4 nitrogen and oxygen atoms in total. The van der Waals surface area contributed by atoms with Crippen molar-refractivity contribution in [3.05, 3.63) is 53.6 Å². The smallest absolute Gasteiger partial charge is 0.256 e. The van der Waals surface area contributed by atoms with Gasteiger partial charge in [0.05, 0.1) is 6.61 Å². The first kappa shape index (κ1) is 16.9. The Morgan fingerprint density at radius 1 is 1.17 bits per heavy atom. The maximum atomic E-state index is 12.3. The Balaban J connectivity index is 1.97. The molecule has 0 unspecified atom stereocenters. The van der Waals surface area contributed by atoms with Gasteiger partial charge in [-0.05, 0) is 61.2 Å². The van der Waals surface area contributed by atoms with E-state index < -0.39 is 0 Å². The zero-order valence-corrected chi connectivity index (χ0v) is 13.9. The summed E-state index contributed by atoms with van der Waals surface area (Å²) in [5, 5.41) is 2.88. The van der Waals surface area contributed by atoms with Crippen LogP contribution < -0.4 is 15.8 Å². The van der Waals surface area contributed by atoms with Crippen LogP contribution >= 0.6 is 0 Å². The van der Waals surface area contributed by atoms with Crippen LogP contribution in [0.15, 0.2) is 42.5 Å². The van der Waals surface area contributed by atoms with Gasteiger partial charge in [-0.15, -0.1) is 0 Å². The number of rotatable bonds is 6. The molecule has 0 aliphatic heterocycles. The van der Waals surface area contributed by atoms with Crippen LogP contribution in [0, 0.1) is 12.8 Å². The van der Waals surface area contributed by atoms with Gasteiger partial charge in [0.1, 0.15) is 5.75 Å². The molecule has 3 N–H and O–H groups in total. The third-order valence-corrected chi connectivity index (χ3v) is 3.58. The molecule has 0 spiro atoms. The lowest BCUT2D eigenvalue weighted by molar-refractivity contribution is 0.102. The molecule has 4 heteroatoms. The van der Waals surface area contributed by atoms with E-state index >= 15 is 0 Å². The number of carbonyl (C=O) groups is 1. The molecule has 0 aliphatic carbocycles. The van der Waals surface area contributed by atoms with Crippen molar-refractivity contribution in [1.82, 2.24) is 0 Å². The minimum absolute atomic E-state index is 0.164. The molecule has 2 aromatic carbocycles. The summed E-state index contributed by atoms with van der Waals surface area (Å²) in [4.78, 5) is 12.3. The fraction of sp³-hybridized carbons (Fsp3) is 0.316. The van der Waals surface area contributed by atoms with E-state index in [2.05, 4.69) is 19.2 Å². The Bertz CT molecular complexity index is 664. The Kier molecular flexibility index (Phi) is 5.63. The van der Waals surface area contributed by atoms with Gasteiger partial charge in [0.15, 0.2) is 0 Å². The molecule has 0 heterocycles. The number of nitrogen functional groups attached to an aromatic ring is 1. The van der Waals surface area contributed by atoms with Crippen LogP contribution in [0.1, 0.15) is 36.2 Å². The highest BCUT2D eigenvalue weighted by atomic mass is 16.5. The Morgan fingerprint density at radius 2 is 1.87 bits per heavy atom. The Morgan fingerprint density at radius 3 is 2.52 bits per heavy atom. The topological polar surface area (TPSA) is 64.4 Å². The summed E-state index contributed by atoms with van der Waals surface area (Å²) in [6, 6.07) is 12.7. The number of amides is 1. The maximum absolute atomic E-state index is 12.3. The molecule has 2 aromatic rings. The second kappa shape index (κ2) is 7.68. The molecule has 0 bridgehead atoms. The van der Waals surface area contributed by atoms with Crippen LogP contribution in [-0.4, -0.2) is 12.5 Å². The van der Waals surface area contributed by atoms with Gasteiger partial charge < -0.3 is 15.8 Å². The fourth-order valence-corrected chi connectivity index (χ4v) is 2.13. The summed E-state index contributed by atoms with van der Waals surface area (Å²) in [5.74, 6) is 1.27. The number of hydrogen-bond acceptors (Lipinski definition) is 3. The molecule has 1 amide bonds. The fourth-order valence-electron chi connectivity index (χ4n) is 2.13. The first-order valence-electron chi connectivity index (χ1n) is 7.86. The number of benzene rings is 2. The summed E-state index contributed by atoms with van der Waals surface area (Å²) >= 11 is 0. The van der Waals surface area contributed by atoms with Crippen LogP contribution in [0.4, 0.5) is 11.4 Å². The van der Waals surface area contributed by atoms with Crippen molar-refractivity contribution in [3.63, 3.8) is 0 Å². The van der Waals surface area contributed by atoms with E-state index in [0.717, 1.165) is 23.4 Å². The molecule has 0 fully saturated rings. The highest BCUT2D eigenvalue weighted by molar-refractivity contribution is 6.05. The van der Waals surface area contributed by atoms with E-state index in [1.54, 1.807) is 12.1 Å². The van der Waals surface area contributed by atoms with Crippen LogP contribution in [-0.2, 0) is 0 Å². The standard InChI is InChI=1S/C19H24N2O2/c1-13(2)10-11-23-17-8-6-16(7-9-17)21-19(22)18-12-15(20)5-4-14(18)3/h4-9,12-13H,10-11,20H2,1-3H3,(H,21,22). The van der Waals surface area contributed by atoms with Crippen molar-refractivity contribution >= 4 is 17.3 Å². The lowest BCUT2D eigenvalue weighted by Crippen LogP contribution is -2.13. The third kappa shape index (κ3) is 5.02. The molecule has 0 aliphatic rings. The first-order chi connectivity index (χ1) is 11.0. The molecular weight excluding hydrogens is 288 g/mol. The van der Waals surface area contributed by atoms with Gasteiger partial charge in [0.25, 0.3) is 5.91 Å². The Labute approximate surface area is 137 Å². The predicted molar refractivity (Wildman–Crippen MR) is 94.9 cm³/mol. The highest BCUT2D eigenvalue weighted by Crippen LogP contribution is 2.19.